The highest BCUT2D eigenvalue weighted by Gasteiger charge is 2.14. The summed E-state index contributed by atoms with van der Waals surface area (Å²) in [4.78, 5) is 21.9. The lowest BCUT2D eigenvalue weighted by Crippen LogP contribution is -2.22. The van der Waals surface area contributed by atoms with Gasteiger partial charge in [0.25, 0.3) is 11.3 Å². The lowest BCUT2D eigenvalue weighted by Gasteiger charge is -2.05. The predicted molar refractivity (Wildman–Crippen MR) is 111 cm³/mol. The van der Waals surface area contributed by atoms with E-state index in [1.807, 2.05) is 62.4 Å². The van der Waals surface area contributed by atoms with Crippen LogP contribution in [0.2, 0.25) is 5.02 Å². The van der Waals surface area contributed by atoms with Crippen LogP contribution in [0.3, 0.4) is 0 Å². The van der Waals surface area contributed by atoms with Gasteiger partial charge in [-0.25, -0.2) is 4.98 Å². The van der Waals surface area contributed by atoms with Crippen LogP contribution in [0.4, 0.5) is 5.69 Å². The van der Waals surface area contributed by atoms with E-state index in [1.54, 1.807) is 0 Å². The van der Waals surface area contributed by atoms with Gasteiger partial charge in [-0.15, -0.1) is 0 Å². The molecule has 2 heterocycles. The highest BCUT2D eigenvalue weighted by atomic mass is 35.5. The van der Waals surface area contributed by atoms with Crippen molar-refractivity contribution < 1.29 is 0 Å². The van der Waals surface area contributed by atoms with Gasteiger partial charge in [0, 0.05) is 22.7 Å². The molecule has 0 radical (unpaired) electrons. The van der Waals surface area contributed by atoms with Gasteiger partial charge < -0.3 is 5.32 Å². The molecule has 28 heavy (non-hydrogen) atoms. The smallest absolute Gasteiger partial charge is 0.277 e. The third-order valence-electron chi connectivity index (χ3n) is 4.65. The number of benzene rings is 2. The maximum atomic E-state index is 13.0. The molecule has 0 atom stereocenters. The summed E-state index contributed by atoms with van der Waals surface area (Å²) >= 11 is 5.94. The average molecular weight is 394 g/mol. The zero-order chi connectivity index (χ0) is 19.7. The maximum absolute atomic E-state index is 13.0. The molecule has 6 nitrogen and oxygen atoms in total. The van der Waals surface area contributed by atoms with Gasteiger partial charge in [-0.1, -0.05) is 41.4 Å². The molecule has 4 aromatic rings. The molecule has 0 fully saturated rings. The van der Waals surface area contributed by atoms with Crippen LogP contribution in [0.25, 0.3) is 5.78 Å². The molecule has 0 aliphatic carbocycles. The molecule has 4 rings (SSSR count). The number of anilines is 1. The zero-order valence-electron chi connectivity index (χ0n) is 15.7. The van der Waals surface area contributed by atoms with Gasteiger partial charge in [-0.05, 0) is 43.7 Å². The second kappa shape index (κ2) is 7.48. The van der Waals surface area contributed by atoms with Gasteiger partial charge >= 0.3 is 0 Å². The summed E-state index contributed by atoms with van der Waals surface area (Å²) in [6, 6.07) is 15.6. The summed E-state index contributed by atoms with van der Waals surface area (Å²) in [5.41, 5.74) is 4.39. The minimum atomic E-state index is -0.133. The van der Waals surface area contributed by atoms with Crippen molar-refractivity contribution in [1.29, 1.82) is 0 Å². The quantitative estimate of drug-likeness (QED) is 0.539. The third-order valence-corrected chi connectivity index (χ3v) is 4.90. The molecular formula is C21H20ClN5O. The van der Waals surface area contributed by atoms with Gasteiger partial charge in [-0.3, -0.25) is 9.89 Å². The Balaban J connectivity index is 1.60. The number of fused-ring (bicyclic) bond motifs is 1. The molecule has 7 heteroatoms. The van der Waals surface area contributed by atoms with E-state index in [2.05, 4.69) is 20.4 Å². The molecular weight excluding hydrogens is 374 g/mol. The number of aromatic amines is 1. The normalized spacial score (nSPS) is 11.1. The lowest BCUT2D eigenvalue weighted by molar-refractivity contribution is 0.832. The Morgan fingerprint density at radius 3 is 2.46 bits per heavy atom. The van der Waals surface area contributed by atoms with E-state index in [-0.39, 0.29) is 5.56 Å². The molecule has 0 amide bonds. The number of aromatic nitrogens is 4. The van der Waals surface area contributed by atoms with Gasteiger partial charge in [0.15, 0.2) is 0 Å². The van der Waals surface area contributed by atoms with Crippen molar-refractivity contribution in [2.45, 2.75) is 26.8 Å². The Morgan fingerprint density at radius 1 is 1.04 bits per heavy atom. The van der Waals surface area contributed by atoms with Crippen LogP contribution in [0.5, 0.6) is 0 Å². The van der Waals surface area contributed by atoms with Gasteiger partial charge in [0.05, 0.1) is 12.2 Å². The number of halogens is 1. The fraction of sp³-hybridized carbons (Fsp3) is 0.190. The Kier molecular flexibility index (Phi) is 4.88. The number of nitrogens with zero attached hydrogens (tertiary/aromatic N) is 3. The van der Waals surface area contributed by atoms with E-state index >= 15 is 0 Å². The summed E-state index contributed by atoms with van der Waals surface area (Å²) < 4.78 is 1.41. The maximum Gasteiger partial charge on any atom is 0.277 e. The first-order valence-electron chi connectivity index (χ1n) is 9.02. The van der Waals surface area contributed by atoms with Crippen LogP contribution in [-0.2, 0) is 13.0 Å². The van der Waals surface area contributed by atoms with Crippen LogP contribution in [-0.4, -0.2) is 19.6 Å². The summed E-state index contributed by atoms with van der Waals surface area (Å²) in [6.45, 7) is 4.36. The number of hydrogen-bond donors (Lipinski definition) is 2. The van der Waals surface area contributed by atoms with Crippen molar-refractivity contribution >= 4 is 23.1 Å². The van der Waals surface area contributed by atoms with Gasteiger partial charge in [-0.2, -0.15) is 9.50 Å². The average Bonchev–Trinajstić information content (AvgIpc) is 3.09. The molecule has 0 saturated carbocycles. The van der Waals surface area contributed by atoms with Crippen molar-refractivity contribution in [1.82, 2.24) is 19.6 Å². The fourth-order valence-corrected chi connectivity index (χ4v) is 3.17. The molecule has 2 N–H and O–H groups in total. The molecule has 0 aliphatic heterocycles. The topological polar surface area (TPSA) is 75.1 Å². The molecule has 0 bridgehead atoms. The number of nitrogens with one attached hydrogen (secondary N) is 2. The number of hydrogen-bond acceptors (Lipinski definition) is 4. The molecule has 2 aromatic heterocycles. The van der Waals surface area contributed by atoms with Crippen molar-refractivity contribution in [2.24, 2.45) is 0 Å². The largest absolute Gasteiger partial charge is 0.378 e. The first-order valence-corrected chi connectivity index (χ1v) is 9.39. The zero-order valence-corrected chi connectivity index (χ0v) is 16.4. The molecule has 0 spiro atoms. The van der Waals surface area contributed by atoms with Crippen molar-refractivity contribution in [3.05, 3.63) is 92.1 Å². The van der Waals surface area contributed by atoms with E-state index in [0.29, 0.717) is 40.8 Å². The summed E-state index contributed by atoms with van der Waals surface area (Å²) in [6.07, 6.45) is 0.494. The second-order valence-electron chi connectivity index (χ2n) is 6.81. The molecule has 142 valence electrons. The number of aryl methyl sites for hydroxylation is 2. The Bertz CT molecular complexity index is 1180. The summed E-state index contributed by atoms with van der Waals surface area (Å²) in [5, 5.41) is 7.02. The summed E-state index contributed by atoms with van der Waals surface area (Å²) in [7, 11) is 0. The number of H-pyrrole nitrogens is 1. The number of rotatable bonds is 5. The SMILES string of the molecule is Cc1ccc(NCc2nc3nc(C)c(Cc4ccc(Cl)cc4)c(=O)n3[nH]2)cc1. The minimum absolute atomic E-state index is 0.133. The van der Waals surface area contributed by atoms with E-state index in [4.69, 9.17) is 11.6 Å². The second-order valence-corrected chi connectivity index (χ2v) is 7.25. The third kappa shape index (κ3) is 3.77. The lowest BCUT2D eigenvalue weighted by atomic mass is 10.1. The Labute approximate surface area is 167 Å². The van der Waals surface area contributed by atoms with Crippen LogP contribution in [0, 0.1) is 13.8 Å². The van der Waals surface area contributed by atoms with E-state index < -0.39 is 0 Å². The molecule has 0 unspecified atom stereocenters. The van der Waals surface area contributed by atoms with Gasteiger partial charge in [0.1, 0.15) is 5.82 Å². The predicted octanol–water partition coefficient (Wildman–Crippen LogP) is 3.89. The Hall–Kier alpha value is -3.12. The van der Waals surface area contributed by atoms with Crippen molar-refractivity contribution in [2.75, 3.05) is 5.32 Å². The van der Waals surface area contributed by atoms with Crippen LogP contribution >= 0.6 is 11.6 Å². The summed E-state index contributed by atoms with van der Waals surface area (Å²) in [5.74, 6) is 1.02. The fourth-order valence-electron chi connectivity index (χ4n) is 3.04. The molecule has 2 aromatic carbocycles. The minimum Gasteiger partial charge on any atom is -0.378 e. The molecule has 0 saturated heterocycles. The monoisotopic (exact) mass is 393 g/mol. The first kappa shape index (κ1) is 18.3. The van der Waals surface area contributed by atoms with Crippen molar-refractivity contribution in [3.63, 3.8) is 0 Å². The van der Waals surface area contributed by atoms with E-state index in [0.717, 1.165) is 11.3 Å². The van der Waals surface area contributed by atoms with Gasteiger partial charge in [0.2, 0.25) is 0 Å². The highest BCUT2D eigenvalue weighted by molar-refractivity contribution is 6.30. The van der Waals surface area contributed by atoms with E-state index in [1.165, 1.54) is 10.1 Å². The van der Waals surface area contributed by atoms with Crippen LogP contribution in [0.1, 0.15) is 28.2 Å². The van der Waals surface area contributed by atoms with Crippen LogP contribution < -0.4 is 10.9 Å². The first-order chi connectivity index (χ1) is 13.5. The van der Waals surface area contributed by atoms with Crippen LogP contribution in [0.15, 0.2) is 53.3 Å². The molecule has 0 aliphatic rings. The van der Waals surface area contributed by atoms with Crippen molar-refractivity contribution in [3.8, 4) is 0 Å². The van der Waals surface area contributed by atoms with E-state index in [9.17, 15) is 4.79 Å². The Morgan fingerprint density at radius 2 is 1.75 bits per heavy atom. The highest BCUT2D eigenvalue weighted by Crippen LogP contribution is 2.14. The standard InChI is InChI=1S/C21H20ClN5O/c1-13-3-9-17(10-4-13)23-12-19-25-21-24-14(2)18(20(28)27(21)26-19)11-15-5-7-16(22)8-6-15/h3-10,23H,11-12H2,1-2H3,(H,24,25,26).